The molecule has 1 aromatic heterocycles. The first-order chi connectivity index (χ1) is 14.4. The SMILES string of the molecule is Cl.O=C(O)Cn1ncc(/C=C2/CN(C(C(=O)C3CC3)c3ccccc3F)CCC2S)n1. The highest BCUT2D eigenvalue weighted by molar-refractivity contribution is 7.81. The van der Waals surface area contributed by atoms with Gasteiger partial charge in [0.25, 0.3) is 0 Å². The van der Waals surface area contributed by atoms with Crippen LogP contribution in [0, 0.1) is 11.7 Å². The zero-order valence-electron chi connectivity index (χ0n) is 16.7. The second kappa shape index (κ2) is 9.93. The van der Waals surface area contributed by atoms with Crippen molar-refractivity contribution in [3.63, 3.8) is 0 Å². The van der Waals surface area contributed by atoms with Gasteiger partial charge in [0.2, 0.25) is 0 Å². The lowest BCUT2D eigenvalue weighted by Gasteiger charge is -2.37. The van der Waals surface area contributed by atoms with Gasteiger partial charge < -0.3 is 5.11 Å². The number of aromatic nitrogens is 3. The van der Waals surface area contributed by atoms with E-state index in [1.807, 2.05) is 11.0 Å². The number of halogens is 2. The Hall–Kier alpha value is -2.23. The van der Waals surface area contributed by atoms with E-state index in [1.165, 1.54) is 12.3 Å². The number of likely N-dealkylation sites (tertiary alicyclic amines) is 1. The van der Waals surface area contributed by atoms with E-state index in [4.69, 9.17) is 5.11 Å². The molecular formula is C21H24ClFN4O3S. The standard InChI is InChI=1S/C21H23FN4O3S.ClH/c22-17-4-2-1-3-16(17)20(21(29)13-5-6-13)25-8-7-18(30)14(11-25)9-15-10-23-26(24-15)12-19(27)28;/h1-4,9-10,13,18,20,30H,5-8,11-12H2,(H,27,28);1H/b14-9-;. The summed E-state index contributed by atoms with van der Waals surface area (Å²) in [6.45, 7) is 0.775. The van der Waals surface area contributed by atoms with Crippen molar-refractivity contribution in [2.45, 2.75) is 37.1 Å². The lowest BCUT2D eigenvalue weighted by atomic mass is 9.93. The van der Waals surface area contributed by atoms with Gasteiger partial charge in [-0.2, -0.15) is 27.6 Å². The van der Waals surface area contributed by atoms with Crippen molar-refractivity contribution < 1.29 is 19.1 Å². The second-order valence-corrected chi connectivity index (χ2v) is 8.41. The smallest absolute Gasteiger partial charge is 0.327 e. The monoisotopic (exact) mass is 466 g/mol. The molecule has 0 bridgehead atoms. The Labute approximate surface area is 191 Å². The van der Waals surface area contributed by atoms with E-state index in [1.54, 1.807) is 18.2 Å². The number of carboxylic acids is 1. The Kier molecular flexibility index (Phi) is 7.51. The first-order valence-corrected chi connectivity index (χ1v) is 10.5. The third-order valence-electron chi connectivity index (χ3n) is 5.48. The molecule has 0 amide bonds. The molecule has 31 heavy (non-hydrogen) atoms. The first kappa shape index (κ1) is 23.4. The van der Waals surface area contributed by atoms with Crippen molar-refractivity contribution in [1.82, 2.24) is 19.9 Å². The van der Waals surface area contributed by atoms with Gasteiger partial charge in [0.15, 0.2) is 12.3 Å². The number of aliphatic carboxylic acids is 1. The maximum Gasteiger partial charge on any atom is 0.327 e. The predicted octanol–water partition coefficient (Wildman–Crippen LogP) is 3.03. The molecule has 1 aromatic carbocycles. The Morgan fingerprint density at radius 3 is 2.71 bits per heavy atom. The highest BCUT2D eigenvalue weighted by Crippen LogP contribution is 2.39. The van der Waals surface area contributed by atoms with Crippen LogP contribution < -0.4 is 0 Å². The van der Waals surface area contributed by atoms with Gasteiger partial charge in [-0.05, 0) is 37.0 Å². The van der Waals surface area contributed by atoms with Crippen molar-refractivity contribution in [2.75, 3.05) is 13.1 Å². The van der Waals surface area contributed by atoms with Gasteiger partial charge in [0.1, 0.15) is 11.5 Å². The lowest BCUT2D eigenvalue weighted by molar-refractivity contribution is -0.138. The number of ketones is 1. The molecule has 2 heterocycles. The molecule has 166 valence electrons. The number of thiol groups is 1. The van der Waals surface area contributed by atoms with E-state index >= 15 is 0 Å². The van der Waals surface area contributed by atoms with Crippen molar-refractivity contribution >= 4 is 42.9 Å². The number of rotatable bonds is 7. The molecule has 2 unspecified atom stereocenters. The van der Waals surface area contributed by atoms with E-state index in [2.05, 4.69) is 22.8 Å². The number of carbonyl (C=O) groups excluding carboxylic acids is 1. The van der Waals surface area contributed by atoms with Gasteiger partial charge in [0.05, 0.1) is 12.2 Å². The summed E-state index contributed by atoms with van der Waals surface area (Å²) >= 11 is 4.67. The topological polar surface area (TPSA) is 88.3 Å². The fourth-order valence-electron chi connectivity index (χ4n) is 3.84. The van der Waals surface area contributed by atoms with Crippen molar-refractivity contribution in [3.05, 3.63) is 53.1 Å². The molecule has 1 saturated carbocycles. The maximum atomic E-state index is 14.6. The Bertz CT molecular complexity index is 995. The summed E-state index contributed by atoms with van der Waals surface area (Å²) < 4.78 is 14.6. The van der Waals surface area contributed by atoms with Crippen molar-refractivity contribution in [2.24, 2.45) is 5.92 Å². The highest BCUT2D eigenvalue weighted by atomic mass is 35.5. The van der Waals surface area contributed by atoms with Crippen LogP contribution in [0.5, 0.6) is 0 Å². The summed E-state index contributed by atoms with van der Waals surface area (Å²) in [6, 6.07) is 5.85. The summed E-state index contributed by atoms with van der Waals surface area (Å²) in [7, 11) is 0. The van der Waals surface area contributed by atoms with Crippen LogP contribution in [-0.2, 0) is 16.1 Å². The number of piperidine rings is 1. The predicted molar refractivity (Wildman–Crippen MR) is 119 cm³/mol. The molecule has 1 saturated heterocycles. The fraction of sp³-hybridized carbons (Fsp3) is 0.429. The van der Waals surface area contributed by atoms with Crippen LogP contribution in [0.1, 0.15) is 36.6 Å². The number of hydrogen-bond donors (Lipinski definition) is 2. The van der Waals surface area contributed by atoms with Gasteiger partial charge in [-0.15, -0.1) is 12.4 Å². The van der Waals surface area contributed by atoms with E-state index < -0.39 is 12.0 Å². The average Bonchev–Trinajstić information content (AvgIpc) is 3.47. The van der Waals surface area contributed by atoms with E-state index in [9.17, 15) is 14.0 Å². The Balaban J connectivity index is 0.00000272. The van der Waals surface area contributed by atoms with Gasteiger partial charge in [-0.25, -0.2) is 4.39 Å². The maximum absolute atomic E-state index is 14.6. The van der Waals surface area contributed by atoms with Crippen LogP contribution in [0.25, 0.3) is 6.08 Å². The largest absolute Gasteiger partial charge is 0.480 e. The normalized spacial score (nSPS) is 21.5. The molecule has 1 aliphatic carbocycles. The average molecular weight is 467 g/mol. The molecule has 2 fully saturated rings. The Morgan fingerprint density at radius 2 is 2.03 bits per heavy atom. The van der Waals surface area contributed by atoms with Crippen molar-refractivity contribution in [3.8, 4) is 0 Å². The second-order valence-electron chi connectivity index (χ2n) is 7.79. The minimum absolute atomic E-state index is 0. The van der Waals surface area contributed by atoms with E-state index in [-0.39, 0.29) is 41.7 Å². The van der Waals surface area contributed by atoms with Gasteiger partial charge in [-0.3, -0.25) is 14.5 Å². The minimum atomic E-state index is -1.02. The number of nitrogens with zero attached hydrogens (tertiary/aromatic N) is 4. The van der Waals surface area contributed by atoms with Gasteiger partial charge in [-0.1, -0.05) is 18.2 Å². The van der Waals surface area contributed by atoms with Crippen LogP contribution in [0.15, 0.2) is 36.0 Å². The zero-order valence-corrected chi connectivity index (χ0v) is 18.4. The van der Waals surface area contributed by atoms with E-state index in [0.717, 1.165) is 23.2 Å². The third kappa shape index (κ3) is 5.53. The van der Waals surface area contributed by atoms with Crippen molar-refractivity contribution in [1.29, 1.82) is 0 Å². The fourth-order valence-corrected chi connectivity index (χ4v) is 4.11. The molecule has 0 spiro atoms. The number of hydrogen-bond acceptors (Lipinski definition) is 6. The highest BCUT2D eigenvalue weighted by Gasteiger charge is 2.40. The first-order valence-electron chi connectivity index (χ1n) is 9.95. The molecule has 1 N–H and O–H groups in total. The summed E-state index contributed by atoms with van der Waals surface area (Å²) in [5.74, 6) is -1.31. The van der Waals surface area contributed by atoms with Gasteiger partial charge >= 0.3 is 5.97 Å². The van der Waals surface area contributed by atoms with Crippen LogP contribution in [0.3, 0.4) is 0 Å². The van der Waals surface area contributed by atoms with Gasteiger partial charge in [0, 0.05) is 29.8 Å². The van der Waals surface area contributed by atoms with E-state index in [0.29, 0.717) is 30.8 Å². The van der Waals surface area contributed by atoms with Crippen LogP contribution in [0.4, 0.5) is 4.39 Å². The summed E-state index contributed by atoms with van der Waals surface area (Å²) in [5, 5.41) is 17.0. The molecule has 2 aromatic rings. The molecule has 7 nitrogen and oxygen atoms in total. The molecule has 2 atom stereocenters. The number of carboxylic acid groups (broad SMARTS) is 1. The Morgan fingerprint density at radius 1 is 1.29 bits per heavy atom. The van der Waals surface area contributed by atoms with Crippen LogP contribution in [0.2, 0.25) is 0 Å². The quantitative estimate of drug-likeness (QED) is 0.610. The molecular weight excluding hydrogens is 443 g/mol. The minimum Gasteiger partial charge on any atom is -0.480 e. The summed E-state index contributed by atoms with van der Waals surface area (Å²) in [5.41, 5.74) is 1.89. The molecule has 2 aliphatic rings. The number of benzene rings is 1. The number of Topliss-reactive ketones (excluding diaryl/α,β-unsaturated/α-hetero) is 1. The molecule has 0 radical (unpaired) electrons. The lowest BCUT2D eigenvalue weighted by Crippen LogP contribution is -2.42. The van der Waals surface area contributed by atoms with Crippen LogP contribution in [-0.4, -0.2) is 55.1 Å². The molecule has 4 rings (SSSR count). The molecule has 10 heteroatoms. The number of carbonyl (C=O) groups is 2. The summed E-state index contributed by atoms with van der Waals surface area (Å²) in [6.07, 6.45) is 5.76. The zero-order chi connectivity index (χ0) is 21.3. The summed E-state index contributed by atoms with van der Waals surface area (Å²) in [4.78, 5) is 27.0. The molecule has 1 aliphatic heterocycles. The third-order valence-corrected chi connectivity index (χ3v) is 6.07. The van der Waals surface area contributed by atoms with Crippen LogP contribution >= 0.6 is 25.0 Å².